The summed E-state index contributed by atoms with van der Waals surface area (Å²) in [6.45, 7) is 2.47. The highest BCUT2D eigenvalue weighted by Gasteiger charge is 2.25. The third-order valence-electron chi connectivity index (χ3n) is 6.42. The summed E-state index contributed by atoms with van der Waals surface area (Å²) in [7, 11) is -3.60. The standard InChI is InChI=1S/C27H26FN3O3S/c28-22-10-12-23(13-11-22)29-14-16-30(17-15-29)27(32)19-31-18-26(24-8-4-5-9-25(24)31)35(33,34)20-21-6-2-1-3-7-21/h1-13,18H,14-17,19-20H2. The fourth-order valence-electron chi connectivity index (χ4n) is 4.57. The molecule has 4 aromatic rings. The van der Waals surface area contributed by atoms with Crippen LogP contribution in [0.1, 0.15) is 5.56 Å². The van der Waals surface area contributed by atoms with Crippen LogP contribution in [0.3, 0.4) is 0 Å². The Morgan fingerprint density at radius 1 is 0.829 bits per heavy atom. The van der Waals surface area contributed by atoms with E-state index in [2.05, 4.69) is 4.90 Å². The Hall–Kier alpha value is -3.65. The Morgan fingerprint density at radius 2 is 1.49 bits per heavy atom. The molecule has 0 saturated carbocycles. The monoisotopic (exact) mass is 491 g/mol. The summed E-state index contributed by atoms with van der Waals surface area (Å²) in [5.41, 5.74) is 2.38. The molecule has 5 rings (SSSR count). The van der Waals surface area contributed by atoms with Gasteiger partial charge in [0.1, 0.15) is 12.4 Å². The maximum Gasteiger partial charge on any atom is 0.242 e. The highest BCUT2D eigenvalue weighted by atomic mass is 32.2. The topological polar surface area (TPSA) is 62.6 Å². The lowest BCUT2D eigenvalue weighted by Crippen LogP contribution is -2.49. The number of aromatic nitrogens is 1. The summed E-state index contributed by atoms with van der Waals surface area (Å²) in [6.07, 6.45) is 1.59. The van der Waals surface area contributed by atoms with Gasteiger partial charge in [-0.3, -0.25) is 4.79 Å². The van der Waals surface area contributed by atoms with Crippen LogP contribution in [-0.2, 0) is 26.9 Å². The number of hydrogen-bond donors (Lipinski definition) is 0. The molecule has 1 amide bonds. The number of anilines is 1. The van der Waals surface area contributed by atoms with Gasteiger partial charge in [-0.1, -0.05) is 48.5 Å². The molecule has 1 aromatic heterocycles. The van der Waals surface area contributed by atoms with Crippen molar-refractivity contribution in [2.45, 2.75) is 17.2 Å². The van der Waals surface area contributed by atoms with Crippen molar-refractivity contribution in [1.29, 1.82) is 0 Å². The first-order valence-electron chi connectivity index (χ1n) is 11.5. The minimum atomic E-state index is -3.60. The first kappa shape index (κ1) is 23.1. The van der Waals surface area contributed by atoms with E-state index in [0.717, 1.165) is 16.8 Å². The van der Waals surface area contributed by atoms with Gasteiger partial charge < -0.3 is 14.4 Å². The zero-order valence-electron chi connectivity index (χ0n) is 19.2. The van der Waals surface area contributed by atoms with Crippen molar-refractivity contribution < 1.29 is 17.6 Å². The molecule has 1 fully saturated rings. The summed E-state index contributed by atoms with van der Waals surface area (Å²) in [5, 5.41) is 0.623. The smallest absolute Gasteiger partial charge is 0.242 e. The molecule has 1 saturated heterocycles. The number of carbonyl (C=O) groups is 1. The largest absolute Gasteiger partial charge is 0.368 e. The van der Waals surface area contributed by atoms with Crippen molar-refractivity contribution in [2.24, 2.45) is 0 Å². The molecule has 6 nitrogen and oxygen atoms in total. The second kappa shape index (κ2) is 9.54. The minimum absolute atomic E-state index is 0.0588. The Kier molecular flexibility index (Phi) is 6.30. The Labute approximate surface area is 204 Å². The van der Waals surface area contributed by atoms with Crippen molar-refractivity contribution in [3.8, 4) is 0 Å². The van der Waals surface area contributed by atoms with E-state index in [1.807, 2.05) is 36.4 Å². The van der Waals surface area contributed by atoms with Crippen molar-refractivity contribution in [1.82, 2.24) is 9.47 Å². The van der Waals surface area contributed by atoms with E-state index in [-0.39, 0.29) is 28.9 Å². The van der Waals surface area contributed by atoms with Gasteiger partial charge in [-0.2, -0.15) is 0 Å². The molecule has 0 aliphatic carbocycles. The van der Waals surface area contributed by atoms with Gasteiger partial charge >= 0.3 is 0 Å². The predicted octanol–water partition coefficient (Wildman–Crippen LogP) is 4.10. The van der Waals surface area contributed by atoms with Gasteiger partial charge in [0.25, 0.3) is 0 Å². The van der Waals surface area contributed by atoms with E-state index in [1.54, 1.807) is 46.0 Å². The number of nitrogens with zero attached hydrogens (tertiary/aromatic N) is 3. The second-order valence-electron chi connectivity index (χ2n) is 8.73. The van der Waals surface area contributed by atoms with E-state index in [4.69, 9.17) is 0 Å². The molecule has 180 valence electrons. The summed E-state index contributed by atoms with van der Waals surface area (Å²) < 4.78 is 41.5. The normalized spacial score (nSPS) is 14.4. The van der Waals surface area contributed by atoms with E-state index in [1.165, 1.54) is 12.1 Å². The third-order valence-corrected chi connectivity index (χ3v) is 8.13. The number of fused-ring (bicyclic) bond motifs is 1. The molecule has 1 aliphatic rings. The van der Waals surface area contributed by atoms with Crippen LogP contribution in [0.25, 0.3) is 10.9 Å². The quantitative estimate of drug-likeness (QED) is 0.407. The van der Waals surface area contributed by atoms with Crippen LogP contribution in [0.4, 0.5) is 10.1 Å². The van der Waals surface area contributed by atoms with Gasteiger partial charge in [0.15, 0.2) is 9.84 Å². The zero-order valence-corrected chi connectivity index (χ0v) is 20.0. The van der Waals surface area contributed by atoms with Crippen LogP contribution in [0.15, 0.2) is 90.0 Å². The molecule has 0 spiro atoms. The molecule has 1 aliphatic heterocycles. The number of halogens is 1. The maximum atomic E-state index is 13.3. The Balaban J connectivity index is 1.32. The van der Waals surface area contributed by atoms with E-state index < -0.39 is 9.84 Å². The van der Waals surface area contributed by atoms with Crippen LogP contribution in [0.2, 0.25) is 0 Å². The summed E-state index contributed by atoms with van der Waals surface area (Å²) in [5.74, 6) is -0.426. The van der Waals surface area contributed by atoms with Crippen LogP contribution in [-0.4, -0.2) is 50.0 Å². The molecule has 2 heterocycles. The number of hydrogen-bond acceptors (Lipinski definition) is 4. The Morgan fingerprint density at radius 3 is 2.20 bits per heavy atom. The maximum absolute atomic E-state index is 13.3. The second-order valence-corrected chi connectivity index (χ2v) is 10.7. The average molecular weight is 492 g/mol. The van der Waals surface area contributed by atoms with Crippen molar-refractivity contribution >= 4 is 32.3 Å². The van der Waals surface area contributed by atoms with Crippen molar-refractivity contribution in [3.05, 3.63) is 96.4 Å². The molecule has 0 radical (unpaired) electrons. The lowest BCUT2D eigenvalue weighted by Gasteiger charge is -2.36. The molecule has 8 heteroatoms. The van der Waals surface area contributed by atoms with Crippen molar-refractivity contribution in [2.75, 3.05) is 31.1 Å². The fourth-order valence-corrected chi connectivity index (χ4v) is 6.16. The number of para-hydroxylation sites is 1. The lowest BCUT2D eigenvalue weighted by atomic mass is 10.2. The zero-order chi connectivity index (χ0) is 24.4. The van der Waals surface area contributed by atoms with Crippen LogP contribution in [0, 0.1) is 5.82 Å². The Bertz CT molecular complexity index is 1440. The van der Waals surface area contributed by atoms with Crippen LogP contribution >= 0.6 is 0 Å². The first-order chi connectivity index (χ1) is 16.9. The molecular formula is C27H26FN3O3S. The highest BCUT2D eigenvalue weighted by Crippen LogP contribution is 2.28. The van der Waals surface area contributed by atoms with Gasteiger partial charge in [0.2, 0.25) is 5.91 Å². The molecular weight excluding hydrogens is 465 g/mol. The van der Waals surface area contributed by atoms with Gasteiger partial charge in [-0.15, -0.1) is 0 Å². The fraction of sp³-hybridized carbons (Fsp3) is 0.222. The molecule has 0 unspecified atom stereocenters. The van der Waals surface area contributed by atoms with Crippen molar-refractivity contribution in [3.63, 3.8) is 0 Å². The lowest BCUT2D eigenvalue weighted by molar-refractivity contribution is -0.132. The van der Waals surface area contributed by atoms with Crippen LogP contribution in [0.5, 0.6) is 0 Å². The molecule has 0 N–H and O–H groups in total. The SMILES string of the molecule is O=C(Cn1cc(S(=O)(=O)Cc2ccccc2)c2ccccc21)N1CCN(c2ccc(F)cc2)CC1. The predicted molar refractivity (Wildman–Crippen MR) is 134 cm³/mol. The minimum Gasteiger partial charge on any atom is -0.368 e. The van der Waals surface area contributed by atoms with Crippen LogP contribution < -0.4 is 4.90 Å². The van der Waals surface area contributed by atoms with E-state index in [0.29, 0.717) is 31.6 Å². The third kappa shape index (κ3) is 4.93. The number of benzene rings is 3. The summed E-state index contributed by atoms with van der Waals surface area (Å²) in [4.78, 5) is 17.3. The first-order valence-corrected chi connectivity index (χ1v) is 13.2. The highest BCUT2D eigenvalue weighted by molar-refractivity contribution is 7.90. The number of rotatable bonds is 6. The van der Waals surface area contributed by atoms with Gasteiger partial charge in [-0.25, -0.2) is 12.8 Å². The number of amides is 1. The summed E-state index contributed by atoms with van der Waals surface area (Å²) in [6, 6.07) is 22.7. The van der Waals surface area contributed by atoms with Gasteiger partial charge in [0.05, 0.1) is 10.6 Å². The van der Waals surface area contributed by atoms with Gasteiger partial charge in [-0.05, 0) is 35.9 Å². The average Bonchev–Trinajstić information content (AvgIpc) is 3.24. The number of sulfone groups is 1. The molecule has 35 heavy (non-hydrogen) atoms. The number of piperazine rings is 1. The summed E-state index contributed by atoms with van der Waals surface area (Å²) >= 11 is 0. The van der Waals surface area contributed by atoms with E-state index in [9.17, 15) is 17.6 Å². The van der Waals surface area contributed by atoms with Gasteiger partial charge in [0, 0.05) is 49.0 Å². The molecule has 0 atom stereocenters. The number of carbonyl (C=O) groups excluding carboxylic acids is 1. The van der Waals surface area contributed by atoms with E-state index >= 15 is 0 Å². The molecule has 3 aromatic carbocycles. The molecule has 0 bridgehead atoms.